The minimum atomic E-state index is -0.169. The van der Waals surface area contributed by atoms with E-state index in [1.165, 1.54) is 0 Å². The number of unbranched alkanes of at least 4 members (excludes halogenated alkanes) is 1. The zero-order chi connectivity index (χ0) is 15.1. The molecule has 0 aromatic heterocycles. The number of hydrogen-bond donors (Lipinski definition) is 0. The molecule has 0 radical (unpaired) electrons. The highest BCUT2D eigenvalue weighted by molar-refractivity contribution is 9.09. The fourth-order valence-corrected chi connectivity index (χ4v) is 2.51. The number of ether oxygens (including phenoxy) is 2. The van der Waals surface area contributed by atoms with Gasteiger partial charge in [-0.25, -0.2) is 0 Å². The molecule has 0 fully saturated rings. The van der Waals surface area contributed by atoms with E-state index < -0.39 is 0 Å². The molecule has 0 amide bonds. The van der Waals surface area contributed by atoms with Crippen LogP contribution in [0.3, 0.4) is 0 Å². The molecule has 0 N–H and O–H groups in total. The molecule has 0 bridgehead atoms. The summed E-state index contributed by atoms with van der Waals surface area (Å²) in [6.45, 7) is 0.495. The zero-order valence-electron chi connectivity index (χ0n) is 12.1. The first-order valence-corrected chi connectivity index (χ1v) is 8.13. The lowest BCUT2D eigenvalue weighted by Gasteiger charge is -2.06. The third-order valence-electron chi connectivity index (χ3n) is 3.25. The van der Waals surface area contributed by atoms with E-state index in [9.17, 15) is 4.79 Å². The van der Waals surface area contributed by atoms with E-state index in [1.807, 2.05) is 36.4 Å². The van der Waals surface area contributed by atoms with Gasteiger partial charge in [-0.15, -0.1) is 0 Å². The molecule has 0 atom stereocenters. The van der Waals surface area contributed by atoms with Crippen LogP contribution in [0.2, 0.25) is 0 Å². The molecule has 0 saturated carbocycles. The number of halogens is 1. The Balaban J connectivity index is 1.97. The molecule has 3 nitrogen and oxygen atoms in total. The topological polar surface area (TPSA) is 35.5 Å². The van der Waals surface area contributed by atoms with Gasteiger partial charge in [0, 0.05) is 5.33 Å². The largest absolute Gasteiger partial charge is 0.497 e. The lowest BCUT2D eigenvalue weighted by Crippen LogP contribution is -2.09. The molecule has 2 rings (SSSR count). The third-order valence-corrected chi connectivity index (χ3v) is 3.81. The Labute approximate surface area is 133 Å². The number of esters is 1. The van der Waals surface area contributed by atoms with Gasteiger partial charge in [-0.2, -0.15) is 0 Å². The van der Waals surface area contributed by atoms with Crippen molar-refractivity contribution in [3.8, 4) is 5.75 Å². The summed E-state index contributed by atoms with van der Waals surface area (Å²) in [5.74, 6) is 0.666. The third kappa shape index (κ3) is 4.74. The molecular formula is C17H19BrO3. The van der Waals surface area contributed by atoms with Crippen LogP contribution >= 0.6 is 15.9 Å². The Kier molecular flexibility index (Phi) is 6.05. The Hall–Kier alpha value is -1.55. The highest BCUT2D eigenvalue weighted by atomic mass is 79.9. The van der Waals surface area contributed by atoms with Gasteiger partial charge < -0.3 is 9.47 Å². The number of carbonyl (C=O) groups is 1. The maximum Gasteiger partial charge on any atom is 0.310 e. The van der Waals surface area contributed by atoms with Crippen molar-refractivity contribution in [2.45, 2.75) is 19.3 Å². The number of methoxy groups -OCH3 is 1. The maximum absolute atomic E-state index is 11.8. The molecule has 0 unspecified atom stereocenters. The summed E-state index contributed by atoms with van der Waals surface area (Å²) in [6.07, 6.45) is 2.23. The molecule has 0 aliphatic heterocycles. The van der Waals surface area contributed by atoms with Crippen molar-refractivity contribution in [1.29, 1.82) is 0 Å². The van der Waals surface area contributed by atoms with Gasteiger partial charge in [0.2, 0.25) is 0 Å². The van der Waals surface area contributed by atoms with Crippen molar-refractivity contribution in [3.63, 3.8) is 0 Å². The summed E-state index contributed by atoms with van der Waals surface area (Å²) >= 11 is 3.35. The summed E-state index contributed by atoms with van der Waals surface area (Å²) < 4.78 is 10.4. The van der Waals surface area contributed by atoms with Gasteiger partial charge >= 0.3 is 5.97 Å². The molecular weight excluding hydrogens is 332 g/mol. The predicted octanol–water partition coefficient (Wildman–Crippen LogP) is 4.11. The first kappa shape index (κ1) is 15.8. The Bertz CT molecular complexity index is 610. The minimum Gasteiger partial charge on any atom is -0.497 e. The van der Waals surface area contributed by atoms with Crippen LogP contribution < -0.4 is 4.74 Å². The van der Waals surface area contributed by atoms with Gasteiger partial charge in [0.05, 0.1) is 20.1 Å². The normalized spacial score (nSPS) is 10.6. The molecule has 2 aromatic carbocycles. The maximum atomic E-state index is 11.8. The quantitative estimate of drug-likeness (QED) is 0.428. The second kappa shape index (κ2) is 8.03. The van der Waals surface area contributed by atoms with Crippen LogP contribution in [-0.2, 0) is 16.0 Å². The smallest absolute Gasteiger partial charge is 0.310 e. The van der Waals surface area contributed by atoms with Gasteiger partial charge in [0.1, 0.15) is 5.75 Å². The number of hydrogen-bond acceptors (Lipinski definition) is 3. The summed E-state index contributed by atoms with van der Waals surface area (Å²) in [5, 5.41) is 3.14. The van der Waals surface area contributed by atoms with Crippen LogP contribution in [0.25, 0.3) is 10.8 Å². The molecule has 0 aliphatic carbocycles. The van der Waals surface area contributed by atoms with Crippen LogP contribution in [0.15, 0.2) is 36.4 Å². The van der Waals surface area contributed by atoms with E-state index in [2.05, 4.69) is 15.9 Å². The van der Waals surface area contributed by atoms with E-state index in [0.717, 1.165) is 40.3 Å². The highest BCUT2D eigenvalue weighted by Crippen LogP contribution is 2.22. The fourth-order valence-electron chi connectivity index (χ4n) is 2.11. The number of fused-ring (bicyclic) bond motifs is 1. The van der Waals surface area contributed by atoms with E-state index in [4.69, 9.17) is 9.47 Å². The van der Waals surface area contributed by atoms with Crippen molar-refractivity contribution in [2.75, 3.05) is 19.0 Å². The first-order valence-electron chi connectivity index (χ1n) is 7.01. The van der Waals surface area contributed by atoms with Crippen LogP contribution in [0.4, 0.5) is 0 Å². The Morgan fingerprint density at radius 1 is 1.10 bits per heavy atom. The molecule has 2 aromatic rings. The van der Waals surface area contributed by atoms with Crippen LogP contribution in [0.5, 0.6) is 5.75 Å². The van der Waals surface area contributed by atoms with Gasteiger partial charge in [-0.3, -0.25) is 4.79 Å². The van der Waals surface area contributed by atoms with E-state index in [0.29, 0.717) is 13.0 Å². The van der Waals surface area contributed by atoms with Crippen molar-refractivity contribution >= 4 is 32.7 Å². The van der Waals surface area contributed by atoms with E-state index >= 15 is 0 Å². The lowest BCUT2D eigenvalue weighted by atomic mass is 10.0. The fraction of sp³-hybridized carbons (Fsp3) is 0.353. The monoisotopic (exact) mass is 350 g/mol. The van der Waals surface area contributed by atoms with E-state index in [1.54, 1.807) is 7.11 Å². The van der Waals surface area contributed by atoms with Crippen LogP contribution in [0.1, 0.15) is 18.4 Å². The van der Waals surface area contributed by atoms with Crippen molar-refractivity contribution in [1.82, 2.24) is 0 Å². The Morgan fingerprint density at radius 2 is 1.86 bits per heavy atom. The lowest BCUT2D eigenvalue weighted by molar-refractivity contribution is -0.142. The molecule has 0 aliphatic rings. The van der Waals surface area contributed by atoms with Crippen LogP contribution in [0, 0.1) is 0 Å². The molecule has 112 valence electrons. The number of benzene rings is 2. The number of rotatable bonds is 7. The average Bonchev–Trinajstić information content (AvgIpc) is 2.51. The van der Waals surface area contributed by atoms with Gasteiger partial charge in [-0.05, 0) is 41.3 Å². The summed E-state index contributed by atoms with van der Waals surface area (Å²) in [4.78, 5) is 11.8. The molecule has 0 spiro atoms. The Morgan fingerprint density at radius 3 is 2.62 bits per heavy atom. The zero-order valence-corrected chi connectivity index (χ0v) is 13.7. The molecule has 4 heteroatoms. The summed E-state index contributed by atoms with van der Waals surface area (Å²) in [5.41, 5.74) is 0.971. The van der Waals surface area contributed by atoms with Crippen molar-refractivity contribution in [3.05, 3.63) is 42.0 Å². The number of carbonyl (C=O) groups excluding carboxylic acids is 1. The molecule has 21 heavy (non-hydrogen) atoms. The van der Waals surface area contributed by atoms with Crippen molar-refractivity contribution < 1.29 is 14.3 Å². The predicted molar refractivity (Wildman–Crippen MR) is 88.2 cm³/mol. The summed E-state index contributed by atoms with van der Waals surface area (Å²) in [6, 6.07) is 11.9. The van der Waals surface area contributed by atoms with Gasteiger partial charge in [0.15, 0.2) is 0 Å². The van der Waals surface area contributed by atoms with Crippen molar-refractivity contribution in [2.24, 2.45) is 0 Å². The SMILES string of the molecule is COc1ccc2cc(CC(=O)OCCCCBr)ccc2c1. The number of alkyl halides is 1. The summed E-state index contributed by atoms with van der Waals surface area (Å²) in [7, 11) is 1.65. The molecule has 0 heterocycles. The van der Waals surface area contributed by atoms with Gasteiger partial charge in [0.25, 0.3) is 0 Å². The first-order chi connectivity index (χ1) is 10.2. The van der Waals surface area contributed by atoms with Crippen LogP contribution in [-0.4, -0.2) is 25.0 Å². The van der Waals surface area contributed by atoms with E-state index in [-0.39, 0.29) is 5.97 Å². The second-order valence-corrected chi connectivity index (χ2v) is 5.63. The standard InChI is InChI=1S/C17H19BrO3/c1-20-16-7-6-14-10-13(4-5-15(14)12-16)11-17(19)21-9-3-2-8-18/h4-7,10,12H,2-3,8-9,11H2,1H3. The van der Waals surface area contributed by atoms with Gasteiger partial charge in [-0.1, -0.05) is 40.2 Å². The second-order valence-electron chi connectivity index (χ2n) is 4.84. The average molecular weight is 351 g/mol. The minimum absolute atomic E-state index is 0.169. The highest BCUT2D eigenvalue weighted by Gasteiger charge is 2.06. The molecule has 0 saturated heterocycles.